The van der Waals surface area contributed by atoms with Crippen LogP contribution in [0, 0.1) is 13.8 Å². The van der Waals surface area contributed by atoms with Crippen molar-refractivity contribution in [2.45, 2.75) is 31.2 Å². The molecule has 1 aromatic heterocycles. The van der Waals surface area contributed by atoms with Crippen molar-refractivity contribution >= 4 is 21.0 Å². The first-order valence-electron chi connectivity index (χ1n) is 10.9. The van der Waals surface area contributed by atoms with E-state index in [0.29, 0.717) is 36.1 Å². The second kappa shape index (κ2) is 8.57. The lowest BCUT2D eigenvalue weighted by molar-refractivity contribution is 0.297. The van der Waals surface area contributed by atoms with Gasteiger partial charge in [0.1, 0.15) is 17.4 Å². The lowest BCUT2D eigenvalue weighted by Crippen LogP contribution is -2.30. The highest BCUT2D eigenvalue weighted by Crippen LogP contribution is 2.35. The zero-order chi connectivity index (χ0) is 23.0. The lowest BCUT2D eigenvalue weighted by Gasteiger charge is -2.21. The van der Waals surface area contributed by atoms with Crippen LogP contribution in [0.4, 0.5) is 0 Å². The molecule has 0 radical (unpaired) electrons. The summed E-state index contributed by atoms with van der Waals surface area (Å²) in [5.41, 5.74) is 3.52. The minimum atomic E-state index is -3.92. The van der Waals surface area contributed by atoms with Crippen LogP contribution >= 0.6 is 0 Å². The normalized spacial score (nSPS) is 14.7. The van der Waals surface area contributed by atoms with E-state index in [4.69, 9.17) is 13.9 Å². The van der Waals surface area contributed by atoms with Crippen LogP contribution in [0.5, 0.6) is 11.5 Å². The van der Waals surface area contributed by atoms with Gasteiger partial charge in [0, 0.05) is 17.9 Å². The molecule has 5 rings (SSSR count). The second-order valence-corrected chi connectivity index (χ2v) is 9.92. The van der Waals surface area contributed by atoms with Crippen molar-refractivity contribution < 1.29 is 22.3 Å². The Morgan fingerprint density at radius 1 is 0.848 bits per heavy atom. The first kappa shape index (κ1) is 21.6. The van der Waals surface area contributed by atoms with Crippen LogP contribution in [-0.4, -0.2) is 21.6 Å². The summed E-state index contributed by atoms with van der Waals surface area (Å²) in [6.07, 6.45) is 0.746. The van der Waals surface area contributed by atoms with E-state index in [9.17, 15) is 8.42 Å². The molecule has 4 aromatic rings. The van der Waals surface area contributed by atoms with E-state index in [0.717, 1.165) is 28.5 Å². The number of hydrogen-bond acceptors (Lipinski definition) is 5. The number of benzene rings is 3. The van der Waals surface area contributed by atoms with E-state index in [2.05, 4.69) is 4.72 Å². The zero-order valence-corrected chi connectivity index (χ0v) is 19.3. The molecule has 33 heavy (non-hydrogen) atoms. The molecule has 7 heteroatoms. The number of sulfonamides is 1. The Kier molecular flexibility index (Phi) is 5.60. The van der Waals surface area contributed by atoms with Crippen molar-refractivity contribution in [1.82, 2.24) is 4.72 Å². The Morgan fingerprint density at radius 3 is 2.33 bits per heavy atom. The summed E-state index contributed by atoms with van der Waals surface area (Å²) in [7, 11) is -3.92. The molecular weight excluding hydrogens is 438 g/mol. The Morgan fingerprint density at radius 2 is 1.58 bits per heavy atom. The predicted molar refractivity (Wildman–Crippen MR) is 126 cm³/mol. The van der Waals surface area contributed by atoms with Crippen molar-refractivity contribution in [2.24, 2.45) is 0 Å². The third-order valence-electron chi connectivity index (χ3n) is 5.86. The van der Waals surface area contributed by atoms with Crippen LogP contribution in [0.2, 0.25) is 0 Å². The summed E-state index contributed by atoms with van der Waals surface area (Å²) < 4.78 is 47.4. The van der Waals surface area contributed by atoms with Crippen molar-refractivity contribution in [2.75, 3.05) is 13.2 Å². The average Bonchev–Trinajstić information content (AvgIpc) is 3.08. The highest BCUT2D eigenvalue weighted by atomic mass is 32.2. The maximum atomic E-state index is 13.5. The fraction of sp³-hybridized carbons (Fsp3) is 0.231. The van der Waals surface area contributed by atoms with Crippen LogP contribution < -0.4 is 14.2 Å². The van der Waals surface area contributed by atoms with Crippen LogP contribution in [-0.2, 0) is 10.0 Å². The summed E-state index contributed by atoms with van der Waals surface area (Å²) in [5.74, 6) is 1.52. The van der Waals surface area contributed by atoms with Crippen LogP contribution in [0.25, 0.3) is 11.0 Å². The smallest absolute Gasteiger partial charge is 0.241 e. The van der Waals surface area contributed by atoms with Crippen molar-refractivity contribution in [3.8, 4) is 11.5 Å². The number of hydrogen-bond donors (Lipinski definition) is 1. The van der Waals surface area contributed by atoms with Crippen molar-refractivity contribution in [1.29, 1.82) is 0 Å². The maximum absolute atomic E-state index is 13.5. The number of furan rings is 1. The van der Waals surface area contributed by atoms with Gasteiger partial charge in [0.05, 0.1) is 18.1 Å². The third-order valence-corrected chi connectivity index (χ3v) is 7.28. The van der Waals surface area contributed by atoms with E-state index in [1.807, 2.05) is 62.4 Å². The highest BCUT2D eigenvalue weighted by molar-refractivity contribution is 7.89. The largest absolute Gasteiger partial charge is 0.490 e. The standard InChI is InChI=1S/C26H25NO5S/c1-17-7-5-8-18(2)25(17)26(24-15-19-9-3-4-10-21(19)32-24)27-33(28,29)20-11-12-22-23(16-20)31-14-6-13-30-22/h3-5,7-12,15-16,26-27H,6,13-14H2,1-2H3. The van der Waals surface area contributed by atoms with Crippen LogP contribution in [0.15, 0.2) is 76.0 Å². The Balaban J connectivity index is 1.59. The van der Waals surface area contributed by atoms with E-state index in [-0.39, 0.29) is 4.90 Å². The molecule has 0 amide bonds. The molecule has 1 aliphatic heterocycles. The molecular formula is C26H25NO5S. The first-order valence-corrected chi connectivity index (χ1v) is 12.4. The molecule has 0 saturated carbocycles. The number of rotatable bonds is 5. The Labute approximate surface area is 193 Å². The molecule has 0 saturated heterocycles. The van der Waals surface area contributed by atoms with Crippen LogP contribution in [0.1, 0.15) is 34.9 Å². The molecule has 2 heterocycles. The SMILES string of the molecule is Cc1cccc(C)c1C(NS(=O)(=O)c1ccc2c(c1)OCCCO2)c1cc2ccccc2o1. The molecule has 170 valence electrons. The van der Waals surface area contributed by atoms with Gasteiger partial charge in [-0.1, -0.05) is 36.4 Å². The van der Waals surface area contributed by atoms with Crippen molar-refractivity contribution in [3.63, 3.8) is 0 Å². The van der Waals surface area contributed by atoms with Gasteiger partial charge in [-0.15, -0.1) is 0 Å². The lowest BCUT2D eigenvalue weighted by atomic mass is 9.95. The van der Waals surface area contributed by atoms with Crippen LogP contribution in [0.3, 0.4) is 0 Å². The highest BCUT2D eigenvalue weighted by Gasteiger charge is 2.29. The first-order chi connectivity index (χ1) is 15.9. The molecule has 0 bridgehead atoms. The molecule has 1 atom stereocenters. The average molecular weight is 464 g/mol. The molecule has 3 aromatic carbocycles. The number of ether oxygens (including phenoxy) is 2. The fourth-order valence-electron chi connectivity index (χ4n) is 4.22. The van der Waals surface area contributed by atoms with E-state index in [1.165, 1.54) is 12.1 Å². The molecule has 1 aliphatic rings. The number of nitrogens with one attached hydrogen (secondary N) is 1. The zero-order valence-electron chi connectivity index (χ0n) is 18.5. The molecule has 0 spiro atoms. The molecule has 6 nitrogen and oxygen atoms in total. The van der Waals surface area contributed by atoms with Gasteiger partial charge in [0.2, 0.25) is 10.0 Å². The maximum Gasteiger partial charge on any atom is 0.241 e. The van der Waals surface area contributed by atoms with Gasteiger partial charge in [-0.05, 0) is 54.8 Å². The van der Waals surface area contributed by atoms with Crippen molar-refractivity contribution in [3.05, 3.63) is 89.2 Å². The Bertz CT molecular complexity index is 1370. The third kappa shape index (κ3) is 4.21. The molecule has 0 fully saturated rings. The fourth-order valence-corrected chi connectivity index (χ4v) is 5.41. The van der Waals surface area contributed by atoms with E-state index in [1.54, 1.807) is 6.07 Å². The summed E-state index contributed by atoms with van der Waals surface area (Å²) in [5, 5.41) is 0.915. The summed E-state index contributed by atoms with van der Waals surface area (Å²) in [6.45, 7) is 4.96. The van der Waals surface area contributed by atoms with Gasteiger partial charge in [0.25, 0.3) is 0 Å². The predicted octanol–water partition coefficient (Wildman–Crippen LogP) is 5.28. The van der Waals surface area contributed by atoms with Gasteiger partial charge in [-0.2, -0.15) is 4.72 Å². The summed E-state index contributed by atoms with van der Waals surface area (Å²) in [6, 6.07) is 19.4. The molecule has 1 unspecified atom stereocenters. The van der Waals surface area contributed by atoms with Gasteiger partial charge in [-0.3, -0.25) is 0 Å². The topological polar surface area (TPSA) is 77.8 Å². The monoisotopic (exact) mass is 463 g/mol. The molecule has 1 N–H and O–H groups in total. The van der Waals surface area contributed by atoms with Gasteiger partial charge in [-0.25, -0.2) is 8.42 Å². The quantitative estimate of drug-likeness (QED) is 0.436. The minimum absolute atomic E-state index is 0.110. The van der Waals surface area contributed by atoms with Gasteiger partial charge >= 0.3 is 0 Å². The number of fused-ring (bicyclic) bond motifs is 2. The molecule has 0 aliphatic carbocycles. The minimum Gasteiger partial charge on any atom is -0.490 e. The number of para-hydroxylation sites is 1. The number of aryl methyl sites for hydroxylation is 2. The van der Waals surface area contributed by atoms with Gasteiger partial charge < -0.3 is 13.9 Å². The second-order valence-electron chi connectivity index (χ2n) is 8.21. The van der Waals surface area contributed by atoms with Gasteiger partial charge in [0.15, 0.2) is 11.5 Å². The summed E-state index contributed by atoms with van der Waals surface area (Å²) in [4.78, 5) is 0.110. The Hall–Kier alpha value is -3.29. The summed E-state index contributed by atoms with van der Waals surface area (Å²) >= 11 is 0. The van der Waals surface area contributed by atoms with E-state index >= 15 is 0 Å². The van der Waals surface area contributed by atoms with E-state index < -0.39 is 16.1 Å².